The number of hydrogen-bond acceptors (Lipinski definition) is 4. The van der Waals surface area contributed by atoms with E-state index in [1.165, 1.54) is 19.3 Å². The molecular weight excluding hydrogens is 364 g/mol. The van der Waals surface area contributed by atoms with Gasteiger partial charge >= 0.3 is 0 Å². The van der Waals surface area contributed by atoms with E-state index >= 15 is 0 Å². The number of aryl methyl sites for hydroxylation is 1. The number of nitrogens with one attached hydrogen (secondary N) is 3. The van der Waals surface area contributed by atoms with Gasteiger partial charge < -0.3 is 15.6 Å². The van der Waals surface area contributed by atoms with Crippen LogP contribution in [0.25, 0.3) is 11.3 Å². The van der Waals surface area contributed by atoms with E-state index in [0.29, 0.717) is 18.6 Å². The summed E-state index contributed by atoms with van der Waals surface area (Å²) >= 11 is 0. The smallest absolute Gasteiger partial charge is 0.212 e. The third-order valence-corrected chi connectivity index (χ3v) is 4.84. The summed E-state index contributed by atoms with van der Waals surface area (Å²) in [6, 6.07) is 13.4. The van der Waals surface area contributed by atoms with Gasteiger partial charge in [-0.05, 0) is 37.1 Å². The molecule has 2 heterocycles. The van der Waals surface area contributed by atoms with Crippen molar-refractivity contribution in [1.29, 1.82) is 0 Å². The first kappa shape index (κ1) is 18.9. The van der Waals surface area contributed by atoms with Crippen molar-refractivity contribution in [3.05, 3.63) is 59.9 Å². The number of benzene rings is 1. The third-order valence-electron chi connectivity index (χ3n) is 4.84. The minimum absolute atomic E-state index is 0.146. The number of H-pyrrole nitrogens is 1. The second kappa shape index (κ2) is 8.73. The molecule has 6 heteroatoms. The fourth-order valence-corrected chi connectivity index (χ4v) is 3.33. The van der Waals surface area contributed by atoms with E-state index in [1.54, 1.807) is 12.3 Å². The molecule has 0 radical (unpaired) electrons. The molecule has 1 saturated carbocycles. The fraction of sp³-hybridized carbons (Fsp3) is 0.261. The van der Waals surface area contributed by atoms with Crippen molar-refractivity contribution >= 4 is 29.4 Å². The molecule has 2 aromatic heterocycles. The monoisotopic (exact) mass is 388 g/mol. The number of carbonyl (C=O) groups is 2. The summed E-state index contributed by atoms with van der Waals surface area (Å²) in [7, 11) is 0. The largest absolute Gasteiger partial charge is 0.356 e. The number of hydrogen-bond donors (Lipinski definition) is 3. The molecule has 5 rings (SSSR count). The van der Waals surface area contributed by atoms with Crippen LogP contribution in [0.2, 0.25) is 0 Å². The average Bonchev–Trinajstić information content (AvgIpc) is 3.58. The molecular formula is C23H24N4O2. The number of pyridine rings is 1. The van der Waals surface area contributed by atoms with Crippen LogP contribution in [0.1, 0.15) is 48.2 Å². The van der Waals surface area contributed by atoms with Crippen LogP contribution >= 0.6 is 0 Å². The van der Waals surface area contributed by atoms with Gasteiger partial charge in [0.05, 0.1) is 16.9 Å². The number of aromatic amines is 1. The van der Waals surface area contributed by atoms with E-state index < -0.39 is 0 Å². The molecule has 1 amide bonds. The van der Waals surface area contributed by atoms with Crippen molar-refractivity contribution in [2.24, 2.45) is 0 Å². The van der Waals surface area contributed by atoms with Gasteiger partial charge in [-0.3, -0.25) is 9.59 Å². The van der Waals surface area contributed by atoms with E-state index in [2.05, 4.69) is 20.6 Å². The van der Waals surface area contributed by atoms with Crippen molar-refractivity contribution in [3.8, 4) is 11.3 Å². The molecule has 3 aromatic rings. The Balaban J connectivity index is 0.000000626. The first-order valence-corrected chi connectivity index (χ1v) is 10.0. The number of aromatic nitrogens is 2. The number of nitrogens with zero attached hydrogens (tertiary/aromatic N) is 1. The number of amides is 1. The van der Waals surface area contributed by atoms with Crippen LogP contribution in [0.4, 0.5) is 17.2 Å². The van der Waals surface area contributed by atoms with E-state index in [9.17, 15) is 9.59 Å². The highest BCUT2D eigenvalue weighted by Gasteiger charge is 2.27. The number of rotatable bonds is 5. The zero-order valence-electron chi connectivity index (χ0n) is 16.2. The Morgan fingerprint density at radius 3 is 2.52 bits per heavy atom. The van der Waals surface area contributed by atoms with Crippen molar-refractivity contribution in [1.82, 2.24) is 9.97 Å². The Bertz CT molecular complexity index is 1010. The van der Waals surface area contributed by atoms with Gasteiger partial charge in [-0.2, -0.15) is 0 Å². The molecule has 0 spiro atoms. The van der Waals surface area contributed by atoms with Gasteiger partial charge in [0, 0.05) is 29.6 Å². The lowest BCUT2D eigenvalue weighted by atomic mass is 9.95. The molecule has 29 heavy (non-hydrogen) atoms. The molecule has 1 aromatic carbocycles. The van der Waals surface area contributed by atoms with E-state index in [1.807, 2.05) is 36.4 Å². The Hall–Kier alpha value is -3.41. The molecule has 2 aliphatic carbocycles. The van der Waals surface area contributed by atoms with Gasteiger partial charge in [-0.25, -0.2) is 4.98 Å². The number of carbonyl (C=O) groups excluding carboxylic acids is 2. The zero-order chi connectivity index (χ0) is 20.1. The minimum atomic E-state index is 0.146. The Morgan fingerprint density at radius 2 is 1.79 bits per heavy atom. The van der Waals surface area contributed by atoms with Crippen molar-refractivity contribution < 1.29 is 9.59 Å². The summed E-state index contributed by atoms with van der Waals surface area (Å²) in [6.07, 6.45) is 8.98. The van der Waals surface area contributed by atoms with Gasteiger partial charge in [0.1, 0.15) is 5.82 Å². The standard InChI is InChI=1S/C20H18N4O2.C3H6/c25-12-22-17-11-13(9-10-21-17)19-20(23-14-5-2-1-3-6-14)18-15(24-19)7-4-8-16(18)26;1-2-3-1/h1-3,5-6,9-12,23-24H,4,7-8H2,(H,21,22,25);1-3H2. The summed E-state index contributed by atoms with van der Waals surface area (Å²) < 4.78 is 0. The van der Waals surface area contributed by atoms with Crippen LogP contribution in [0.5, 0.6) is 0 Å². The van der Waals surface area contributed by atoms with Crippen LogP contribution < -0.4 is 10.6 Å². The molecule has 0 atom stereocenters. The van der Waals surface area contributed by atoms with Crippen LogP contribution in [0.15, 0.2) is 48.7 Å². The van der Waals surface area contributed by atoms with Gasteiger partial charge in [0.25, 0.3) is 0 Å². The van der Waals surface area contributed by atoms with Crippen LogP contribution in [-0.4, -0.2) is 22.2 Å². The van der Waals surface area contributed by atoms with Crippen molar-refractivity contribution in [3.63, 3.8) is 0 Å². The number of fused-ring (bicyclic) bond motifs is 1. The minimum Gasteiger partial charge on any atom is -0.356 e. The van der Waals surface area contributed by atoms with Crippen LogP contribution in [-0.2, 0) is 11.2 Å². The quantitative estimate of drug-likeness (QED) is 0.532. The second-order valence-electron chi connectivity index (χ2n) is 7.25. The van der Waals surface area contributed by atoms with E-state index in [-0.39, 0.29) is 5.78 Å². The van der Waals surface area contributed by atoms with Crippen molar-refractivity contribution in [2.75, 3.05) is 10.6 Å². The lowest BCUT2D eigenvalue weighted by Crippen LogP contribution is -2.10. The van der Waals surface area contributed by atoms with Gasteiger partial charge in [0.15, 0.2) is 5.78 Å². The van der Waals surface area contributed by atoms with Gasteiger partial charge in [-0.1, -0.05) is 37.5 Å². The Morgan fingerprint density at radius 1 is 1.00 bits per heavy atom. The first-order valence-electron chi connectivity index (χ1n) is 10.0. The van der Waals surface area contributed by atoms with Crippen LogP contribution in [0, 0.1) is 0 Å². The average molecular weight is 388 g/mol. The highest BCUT2D eigenvalue weighted by atomic mass is 16.1. The number of ketones is 1. The third kappa shape index (κ3) is 4.54. The molecule has 6 nitrogen and oxygen atoms in total. The number of para-hydroxylation sites is 1. The molecule has 0 unspecified atom stereocenters. The maximum absolute atomic E-state index is 12.6. The first-order chi connectivity index (χ1) is 14.3. The summed E-state index contributed by atoms with van der Waals surface area (Å²) in [5.41, 5.74) is 5.05. The molecule has 1 fully saturated rings. The van der Waals surface area contributed by atoms with Crippen LogP contribution in [0.3, 0.4) is 0 Å². The Labute approximate surface area is 169 Å². The number of anilines is 3. The normalized spacial score (nSPS) is 14.3. The Kier molecular flexibility index (Phi) is 5.70. The predicted molar refractivity (Wildman–Crippen MR) is 115 cm³/mol. The van der Waals surface area contributed by atoms with Gasteiger partial charge in [0.2, 0.25) is 6.41 Å². The highest BCUT2D eigenvalue weighted by molar-refractivity contribution is 6.07. The summed E-state index contributed by atoms with van der Waals surface area (Å²) in [5.74, 6) is 0.606. The second-order valence-corrected chi connectivity index (χ2v) is 7.25. The summed E-state index contributed by atoms with van der Waals surface area (Å²) in [5, 5.41) is 5.96. The topological polar surface area (TPSA) is 86.9 Å². The summed E-state index contributed by atoms with van der Waals surface area (Å²) in [4.78, 5) is 30.8. The molecule has 0 bridgehead atoms. The summed E-state index contributed by atoms with van der Waals surface area (Å²) in [6.45, 7) is 0. The molecule has 3 N–H and O–H groups in total. The maximum atomic E-state index is 12.6. The van der Waals surface area contributed by atoms with E-state index in [0.717, 1.165) is 46.7 Å². The van der Waals surface area contributed by atoms with Gasteiger partial charge in [-0.15, -0.1) is 0 Å². The highest BCUT2D eigenvalue weighted by Crippen LogP contribution is 2.39. The lowest BCUT2D eigenvalue weighted by Gasteiger charge is -2.13. The molecule has 148 valence electrons. The molecule has 0 aliphatic heterocycles. The van der Waals surface area contributed by atoms with E-state index in [4.69, 9.17) is 0 Å². The van der Waals surface area contributed by atoms with Crippen molar-refractivity contribution in [2.45, 2.75) is 38.5 Å². The molecule has 2 aliphatic rings. The predicted octanol–water partition coefficient (Wildman–Crippen LogP) is 5.08. The molecule has 0 saturated heterocycles. The zero-order valence-corrected chi connectivity index (χ0v) is 16.2. The SMILES string of the molecule is C1CC1.O=CNc1cc(-c2[nH]c3c(c2Nc2ccccc2)C(=O)CCC3)ccn1. The number of Topliss-reactive ketones (excluding diaryl/α,β-unsaturated/α-hetero) is 1. The lowest BCUT2D eigenvalue weighted by molar-refractivity contribution is -0.105. The fourth-order valence-electron chi connectivity index (χ4n) is 3.33. The maximum Gasteiger partial charge on any atom is 0.212 e.